The molecule has 3 heterocycles. The lowest BCUT2D eigenvalue weighted by Gasteiger charge is -2.32. The number of rotatable bonds is 3. The van der Waals surface area contributed by atoms with E-state index in [1.807, 2.05) is 23.1 Å². The van der Waals surface area contributed by atoms with Gasteiger partial charge < -0.3 is 10.0 Å². The number of nitrogens with zero attached hydrogens (tertiary/aromatic N) is 4. The largest absolute Gasteiger partial charge is 0.481 e. The quantitative estimate of drug-likeness (QED) is 0.780. The van der Waals surface area contributed by atoms with Crippen LogP contribution in [0.1, 0.15) is 12.8 Å². The first kappa shape index (κ1) is 16.4. The van der Waals surface area contributed by atoms with Crippen molar-refractivity contribution in [2.75, 3.05) is 18.0 Å². The van der Waals surface area contributed by atoms with Crippen molar-refractivity contribution in [3.05, 3.63) is 48.8 Å². The van der Waals surface area contributed by atoms with Crippen LogP contribution in [-0.2, 0) is 4.79 Å². The summed E-state index contributed by atoms with van der Waals surface area (Å²) in [5.74, 6) is -0.943. The monoisotopic (exact) mass is 352 g/mol. The highest BCUT2D eigenvalue weighted by Crippen LogP contribution is 2.35. The molecule has 7 heteroatoms. The Kier molecular flexibility index (Phi) is 4.20. The Bertz CT molecular complexity index is 973. The van der Waals surface area contributed by atoms with E-state index in [0.29, 0.717) is 24.3 Å². The van der Waals surface area contributed by atoms with Crippen LogP contribution < -0.4 is 4.90 Å². The van der Waals surface area contributed by atoms with Gasteiger partial charge in [-0.15, -0.1) is 0 Å². The van der Waals surface area contributed by atoms with E-state index in [-0.39, 0.29) is 0 Å². The zero-order valence-corrected chi connectivity index (χ0v) is 14.0. The fourth-order valence-electron chi connectivity index (χ4n) is 3.50. The number of piperidine rings is 1. The minimum absolute atomic E-state index is 0.400. The summed E-state index contributed by atoms with van der Waals surface area (Å²) in [5.41, 5.74) is 2.15. The molecule has 1 aromatic carbocycles. The molecule has 1 aliphatic heterocycles. The Balaban J connectivity index is 1.87. The van der Waals surface area contributed by atoms with Crippen molar-refractivity contribution in [1.29, 1.82) is 0 Å². The summed E-state index contributed by atoms with van der Waals surface area (Å²) in [4.78, 5) is 26.1. The SMILES string of the molecule is O=C(O)C1CCCN(c2ncnc3cccc(-c4cncc(F)c4)c23)C1. The normalized spacial score (nSPS) is 17.4. The molecule has 2 aromatic heterocycles. The number of hydrogen-bond donors (Lipinski definition) is 1. The molecule has 0 bridgehead atoms. The van der Waals surface area contributed by atoms with E-state index in [1.165, 1.54) is 12.4 Å². The van der Waals surface area contributed by atoms with Gasteiger partial charge in [0.05, 0.1) is 23.0 Å². The Morgan fingerprint density at radius 3 is 2.96 bits per heavy atom. The second-order valence-corrected chi connectivity index (χ2v) is 6.41. The van der Waals surface area contributed by atoms with Gasteiger partial charge in [-0.1, -0.05) is 12.1 Å². The van der Waals surface area contributed by atoms with Crippen molar-refractivity contribution in [2.24, 2.45) is 5.92 Å². The number of carboxylic acid groups (broad SMARTS) is 1. The molecule has 0 aliphatic carbocycles. The van der Waals surface area contributed by atoms with Crippen LogP contribution in [-0.4, -0.2) is 39.1 Å². The van der Waals surface area contributed by atoms with E-state index in [9.17, 15) is 14.3 Å². The highest BCUT2D eigenvalue weighted by molar-refractivity contribution is 6.01. The molecule has 26 heavy (non-hydrogen) atoms. The Morgan fingerprint density at radius 2 is 2.15 bits per heavy atom. The summed E-state index contributed by atoms with van der Waals surface area (Å²) in [6.07, 6.45) is 5.69. The van der Waals surface area contributed by atoms with Crippen LogP contribution >= 0.6 is 0 Å². The average Bonchev–Trinajstić information content (AvgIpc) is 2.67. The van der Waals surface area contributed by atoms with Gasteiger partial charge in [-0.3, -0.25) is 9.78 Å². The number of aliphatic carboxylic acids is 1. The maximum Gasteiger partial charge on any atom is 0.308 e. The molecule has 1 saturated heterocycles. The van der Waals surface area contributed by atoms with E-state index >= 15 is 0 Å². The maximum atomic E-state index is 13.7. The van der Waals surface area contributed by atoms with Gasteiger partial charge in [0.25, 0.3) is 0 Å². The molecule has 132 valence electrons. The van der Waals surface area contributed by atoms with Crippen LogP contribution in [0.2, 0.25) is 0 Å². The smallest absolute Gasteiger partial charge is 0.308 e. The molecule has 0 amide bonds. The summed E-state index contributed by atoms with van der Waals surface area (Å²) in [7, 11) is 0. The van der Waals surface area contributed by atoms with Crippen LogP contribution in [0.3, 0.4) is 0 Å². The van der Waals surface area contributed by atoms with E-state index in [2.05, 4.69) is 15.0 Å². The third kappa shape index (κ3) is 2.96. The Labute approximate surface area is 149 Å². The number of fused-ring (bicyclic) bond motifs is 1. The van der Waals surface area contributed by atoms with Gasteiger partial charge in [0, 0.05) is 24.8 Å². The van der Waals surface area contributed by atoms with Crippen molar-refractivity contribution in [1.82, 2.24) is 15.0 Å². The van der Waals surface area contributed by atoms with E-state index < -0.39 is 17.7 Å². The number of aromatic nitrogens is 3. The first-order chi connectivity index (χ1) is 12.6. The lowest BCUT2D eigenvalue weighted by Crippen LogP contribution is -2.39. The molecule has 1 aliphatic rings. The number of carboxylic acids is 1. The summed E-state index contributed by atoms with van der Waals surface area (Å²) >= 11 is 0. The van der Waals surface area contributed by atoms with Crippen LogP contribution in [0.4, 0.5) is 10.2 Å². The lowest BCUT2D eigenvalue weighted by molar-refractivity contribution is -0.141. The van der Waals surface area contributed by atoms with Crippen LogP contribution in [0, 0.1) is 11.7 Å². The van der Waals surface area contributed by atoms with Gasteiger partial charge in [-0.25, -0.2) is 14.4 Å². The topological polar surface area (TPSA) is 79.2 Å². The minimum Gasteiger partial charge on any atom is -0.481 e. The van der Waals surface area contributed by atoms with Crippen molar-refractivity contribution < 1.29 is 14.3 Å². The second kappa shape index (κ2) is 6.67. The molecule has 0 radical (unpaired) electrons. The predicted octanol–water partition coefficient (Wildman–Crippen LogP) is 3.13. The second-order valence-electron chi connectivity index (χ2n) is 6.41. The molecule has 0 saturated carbocycles. The van der Waals surface area contributed by atoms with E-state index in [0.717, 1.165) is 35.6 Å². The van der Waals surface area contributed by atoms with Crippen LogP contribution in [0.25, 0.3) is 22.0 Å². The van der Waals surface area contributed by atoms with Crippen molar-refractivity contribution >= 4 is 22.7 Å². The van der Waals surface area contributed by atoms with Gasteiger partial charge in [0.1, 0.15) is 18.0 Å². The van der Waals surface area contributed by atoms with Gasteiger partial charge in [0.15, 0.2) is 0 Å². The zero-order chi connectivity index (χ0) is 18.1. The number of pyridine rings is 1. The fraction of sp³-hybridized carbons (Fsp3) is 0.263. The number of hydrogen-bond acceptors (Lipinski definition) is 5. The summed E-state index contributed by atoms with van der Waals surface area (Å²) in [6.45, 7) is 1.13. The average molecular weight is 352 g/mol. The lowest BCUT2D eigenvalue weighted by atomic mass is 9.97. The molecule has 3 aromatic rings. The van der Waals surface area contributed by atoms with Crippen molar-refractivity contribution in [3.8, 4) is 11.1 Å². The first-order valence-corrected chi connectivity index (χ1v) is 8.46. The molecule has 6 nitrogen and oxygen atoms in total. The zero-order valence-electron chi connectivity index (χ0n) is 14.0. The Hall–Kier alpha value is -3.09. The first-order valence-electron chi connectivity index (χ1n) is 8.46. The fourth-order valence-corrected chi connectivity index (χ4v) is 3.50. The molecular formula is C19H17FN4O2. The highest BCUT2D eigenvalue weighted by Gasteiger charge is 2.27. The minimum atomic E-state index is -0.789. The Morgan fingerprint density at radius 1 is 1.27 bits per heavy atom. The molecule has 0 spiro atoms. The predicted molar refractivity (Wildman–Crippen MR) is 95.3 cm³/mol. The molecule has 1 fully saturated rings. The molecule has 1 N–H and O–H groups in total. The molecule has 4 rings (SSSR count). The molecule has 1 unspecified atom stereocenters. The van der Waals surface area contributed by atoms with Crippen molar-refractivity contribution in [3.63, 3.8) is 0 Å². The van der Waals surface area contributed by atoms with E-state index in [4.69, 9.17) is 0 Å². The van der Waals surface area contributed by atoms with Crippen molar-refractivity contribution in [2.45, 2.75) is 12.8 Å². The van der Waals surface area contributed by atoms with Gasteiger partial charge in [-0.05, 0) is 30.5 Å². The number of benzene rings is 1. The summed E-state index contributed by atoms with van der Waals surface area (Å²) in [5, 5.41) is 10.2. The number of halogens is 1. The third-order valence-electron chi connectivity index (χ3n) is 4.73. The maximum absolute atomic E-state index is 13.7. The van der Waals surface area contributed by atoms with Crippen LogP contribution in [0.15, 0.2) is 43.0 Å². The standard InChI is InChI=1S/C19H17FN4O2/c20-14-7-13(8-21-9-14)15-4-1-5-16-17(15)18(23-11-22-16)24-6-2-3-12(10-24)19(25)26/h1,4-5,7-9,11-12H,2-3,6,10H2,(H,25,26). The summed E-state index contributed by atoms with van der Waals surface area (Å²) in [6, 6.07) is 7.03. The number of carbonyl (C=O) groups is 1. The number of anilines is 1. The van der Waals surface area contributed by atoms with Gasteiger partial charge >= 0.3 is 5.97 Å². The van der Waals surface area contributed by atoms with Gasteiger partial charge in [-0.2, -0.15) is 0 Å². The van der Waals surface area contributed by atoms with Gasteiger partial charge in [0.2, 0.25) is 0 Å². The van der Waals surface area contributed by atoms with E-state index in [1.54, 1.807) is 6.20 Å². The highest BCUT2D eigenvalue weighted by atomic mass is 19.1. The van der Waals surface area contributed by atoms with Crippen LogP contribution in [0.5, 0.6) is 0 Å². The molecule has 1 atom stereocenters. The summed E-state index contributed by atoms with van der Waals surface area (Å²) < 4.78 is 13.7. The third-order valence-corrected chi connectivity index (χ3v) is 4.73. The molecular weight excluding hydrogens is 335 g/mol.